The molecule has 0 saturated heterocycles. The molecule has 0 saturated carbocycles. The van der Waals surface area contributed by atoms with Gasteiger partial charge >= 0.3 is 0 Å². The van der Waals surface area contributed by atoms with Crippen molar-refractivity contribution in [1.29, 1.82) is 0 Å². The SMILES string of the molecule is C=CCOc1ccc2c(=O)c(-c3ccc(OC)c(N(CCO)CCO)c3)coc2c1. The third-order valence-electron chi connectivity index (χ3n) is 4.68. The molecule has 0 aliphatic carbocycles. The average molecular weight is 411 g/mol. The van der Waals surface area contributed by atoms with Gasteiger partial charge in [0.15, 0.2) is 5.43 Å². The predicted molar refractivity (Wildman–Crippen MR) is 117 cm³/mol. The van der Waals surface area contributed by atoms with Gasteiger partial charge in [-0.05, 0) is 29.8 Å². The van der Waals surface area contributed by atoms with Crippen LogP contribution in [-0.4, -0.2) is 50.2 Å². The second-order valence-electron chi connectivity index (χ2n) is 6.56. The Labute approximate surface area is 174 Å². The molecule has 2 aromatic carbocycles. The second-order valence-corrected chi connectivity index (χ2v) is 6.56. The van der Waals surface area contributed by atoms with Gasteiger partial charge in [-0.15, -0.1) is 0 Å². The number of ether oxygens (including phenoxy) is 2. The van der Waals surface area contributed by atoms with Crippen molar-refractivity contribution in [2.45, 2.75) is 0 Å². The molecule has 0 atom stereocenters. The number of rotatable bonds is 10. The summed E-state index contributed by atoms with van der Waals surface area (Å²) in [5, 5.41) is 19.2. The van der Waals surface area contributed by atoms with Crippen LogP contribution in [0, 0.1) is 0 Å². The zero-order valence-corrected chi connectivity index (χ0v) is 16.8. The van der Waals surface area contributed by atoms with Gasteiger partial charge in [0.05, 0.1) is 37.0 Å². The van der Waals surface area contributed by atoms with E-state index in [1.54, 1.807) is 54.5 Å². The highest BCUT2D eigenvalue weighted by Gasteiger charge is 2.16. The van der Waals surface area contributed by atoms with E-state index in [2.05, 4.69) is 6.58 Å². The van der Waals surface area contributed by atoms with Gasteiger partial charge in [-0.25, -0.2) is 0 Å². The molecule has 1 heterocycles. The molecule has 0 aliphatic heterocycles. The number of hydrogen-bond acceptors (Lipinski definition) is 7. The molecule has 1 aromatic heterocycles. The van der Waals surface area contributed by atoms with Crippen molar-refractivity contribution in [1.82, 2.24) is 0 Å². The highest BCUT2D eigenvalue weighted by Crippen LogP contribution is 2.33. The molecule has 0 fully saturated rings. The highest BCUT2D eigenvalue weighted by molar-refractivity contribution is 5.83. The van der Waals surface area contributed by atoms with Crippen LogP contribution in [0.1, 0.15) is 0 Å². The van der Waals surface area contributed by atoms with Crippen molar-refractivity contribution in [2.24, 2.45) is 0 Å². The molecule has 2 N–H and O–H groups in total. The van der Waals surface area contributed by atoms with Crippen molar-refractivity contribution in [3.8, 4) is 22.6 Å². The molecule has 0 spiro atoms. The first-order valence-corrected chi connectivity index (χ1v) is 9.57. The van der Waals surface area contributed by atoms with Crippen molar-refractivity contribution < 1.29 is 24.1 Å². The number of anilines is 1. The summed E-state index contributed by atoms with van der Waals surface area (Å²) in [4.78, 5) is 14.9. The molecule has 0 radical (unpaired) electrons. The maximum absolute atomic E-state index is 13.1. The lowest BCUT2D eigenvalue weighted by Crippen LogP contribution is -2.30. The Kier molecular flexibility index (Phi) is 7.11. The van der Waals surface area contributed by atoms with Gasteiger partial charge < -0.3 is 29.0 Å². The summed E-state index contributed by atoms with van der Waals surface area (Å²) < 4.78 is 16.6. The summed E-state index contributed by atoms with van der Waals surface area (Å²) in [5.74, 6) is 1.17. The standard InChI is InChI=1S/C23H25NO6/c1-3-12-29-17-5-6-18-22(14-17)30-15-19(23(18)27)16-4-7-21(28-2)20(13-16)24(8-10-25)9-11-26/h3-7,13-15,25-26H,1,8-12H2,2H3. The summed E-state index contributed by atoms with van der Waals surface area (Å²) >= 11 is 0. The maximum Gasteiger partial charge on any atom is 0.200 e. The van der Waals surface area contributed by atoms with Gasteiger partial charge in [-0.2, -0.15) is 0 Å². The fourth-order valence-corrected chi connectivity index (χ4v) is 3.25. The van der Waals surface area contributed by atoms with E-state index < -0.39 is 0 Å². The quantitative estimate of drug-likeness (QED) is 0.496. The normalized spacial score (nSPS) is 10.8. The molecule has 3 rings (SSSR count). The zero-order valence-electron chi connectivity index (χ0n) is 16.8. The van der Waals surface area contributed by atoms with E-state index in [9.17, 15) is 15.0 Å². The summed E-state index contributed by atoms with van der Waals surface area (Å²) in [6.45, 7) is 4.45. The molecule has 3 aromatic rings. The summed E-state index contributed by atoms with van der Waals surface area (Å²) in [5.41, 5.74) is 1.99. The van der Waals surface area contributed by atoms with Crippen LogP contribution < -0.4 is 19.8 Å². The van der Waals surface area contributed by atoms with Crippen LogP contribution in [0.5, 0.6) is 11.5 Å². The minimum Gasteiger partial charge on any atom is -0.495 e. The van der Waals surface area contributed by atoms with E-state index in [0.29, 0.717) is 59.0 Å². The van der Waals surface area contributed by atoms with E-state index in [0.717, 1.165) is 0 Å². The molecule has 0 aliphatic rings. The average Bonchev–Trinajstić information content (AvgIpc) is 2.77. The van der Waals surface area contributed by atoms with Gasteiger partial charge in [0.25, 0.3) is 0 Å². The van der Waals surface area contributed by atoms with Gasteiger partial charge in [0.1, 0.15) is 30.0 Å². The van der Waals surface area contributed by atoms with Gasteiger partial charge in [0.2, 0.25) is 0 Å². The van der Waals surface area contributed by atoms with Crippen LogP contribution in [-0.2, 0) is 0 Å². The van der Waals surface area contributed by atoms with Gasteiger partial charge in [-0.3, -0.25) is 4.79 Å². The number of hydrogen-bond donors (Lipinski definition) is 2. The third kappa shape index (κ3) is 4.48. The minimum atomic E-state index is -0.168. The molecule has 7 nitrogen and oxygen atoms in total. The Balaban J connectivity index is 2.06. The Bertz CT molecular complexity index is 1070. The van der Waals surface area contributed by atoms with Crippen LogP contribution >= 0.6 is 0 Å². The summed E-state index contributed by atoms with van der Waals surface area (Å²) in [6, 6.07) is 10.4. The Morgan fingerprint density at radius 3 is 2.57 bits per heavy atom. The molecule has 30 heavy (non-hydrogen) atoms. The summed E-state index contributed by atoms with van der Waals surface area (Å²) in [7, 11) is 1.55. The van der Waals surface area contributed by atoms with Gasteiger partial charge in [0, 0.05) is 19.2 Å². The number of aliphatic hydroxyl groups excluding tert-OH is 2. The van der Waals surface area contributed by atoms with Crippen molar-refractivity contribution in [3.05, 3.63) is 65.5 Å². The van der Waals surface area contributed by atoms with E-state index in [1.165, 1.54) is 6.26 Å². The summed E-state index contributed by atoms with van der Waals surface area (Å²) in [6.07, 6.45) is 3.07. The first-order chi connectivity index (χ1) is 14.6. The molecule has 7 heteroatoms. The second kappa shape index (κ2) is 9.96. The molecule has 158 valence electrons. The van der Waals surface area contributed by atoms with Crippen LogP contribution in [0.25, 0.3) is 22.1 Å². The number of nitrogens with zero attached hydrogens (tertiary/aromatic N) is 1. The largest absolute Gasteiger partial charge is 0.495 e. The van der Waals surface area contributed by atoms with Crippen LogP contribution in [0.3, 0.4) is 0 Å². The Hall–Kier alpha value is -3.29. The number of methoxy groups -OCH3 is 1. The number of benzene rings is 2. The van der Waals surface area contributed by atoms with E-state index >= 15 is 0 Å². The number of fused-ring (bicyclic) bond motifs is 1. The lowest BCUT2D eigenvalue weighted by Gasteiger charge is -2.25. The van der Waals surface area contributed by atoms with Crippen molar-refractivity contribution in [2.75, 3.05) is 44.9 Å². The Morgan fingerprint density at radius 2 is 1.90 bits per heavy atom. The molecule has 0 unspecified atom stereocenters. The predicted octanol–water partition coefficient (Wildman–Crippen LogP) is 2.82. The van der Waals surface area contributed by atoms with Crippen LogP contribution in [0.4, 0.5) is 5.69 Å². The third-order valence-corrected chi connectivity index (χ3v) is 4.68. The topological polar surface area (TPSA) is 92.4 Å². The fraction of sp³-hybridized carbons (Fsp3) is 0.261. The lowest BCUT2D eigenvalue weighted by atomic mass is 10.0. The van der Waals surface area contributed by atoms with E-state index in [4.69, 9.17) is 13.9 Å². The maximum atomic E-state index is 13.1. The lowest BCUT2D eigenvalue weighted by molar-refractivity contribution is 0.280. The number of aliphatic hydroxyl groups is 2. The monoisotopic (exact) mass is 411 g/mol. The molecular weight excluding hydrogens is 386 g/mol. The van der Waals surface area contributed by atoms with Crippen LogP contribution in [0.2, 0.25) is 0 Å². The molecule has 0 amide bonds. The first kappa shape index (κ1) is 21.4. The van der Waals surface area contributed by atoms with Gasteiger partial charge in [-0.1, -0.05) is 18.7 Å². The first-order valence-electron chi connectivity index (χ1n) is 9.57. The van der Waals surface area contributed by atoms with E-state index in [-0.39, 0.29) is 18.6 Å². The highest BCUT2D eigenvalue weighted by atomic mass is 16.5. The van der Waals surface area contributed by atoms with Crippen molar-refractivity contribution in [3.63, 3.8) is 0 Å². The fourth-order valence-electron chi connectivity index (χ4n) is 3.25. The van der Waals surface area contributed by atoms with E-state index in [1.807, 2.05) is 0 Å². The Morgan fingerprint density at radius 1 is 1.13 bits per heavy atom. The molecule has 0 bridgehead atoms. The smallest absolute Gasteiger partial charge is 0.200 e. The van der Waals surface area contributed by atoms with Crippen LogP contribution in [0.15, 0.2) is 64.5 Å². The minimum absolute atomic E-state index is 0.0816. The molecular formula is C23H25NO6. The zero-order chi connectivity index (χ0) is 21.5. The van der Waals surface area contributed by atoms with Crippen molar-refractivity contribution >= 4 is 16.7 Å².